The van der Waals surface area contributed by atoms with Crippen molar-refractivity contribution in [1.29, 1.82) is 0 Å². The van der Waals surface area contributed by atoms with Crippen LogP contribution in [0.5, 0.6) is 5.75 Å². The summed E-state index contributed by atoms with van der Waals surface area (Å²) in [5.74, 6) is 0.223. The number of benzene rings is 3. The first-order chi connectivity index (χ1) is 16.5. The topological polar surface area (TPSA) is 95.5 Å². The Morgan fingerprint density at radius 3 is 2.35 bits per heavy atom. The van der Waals surface area contributed by atoms with Gasteiger partial charge in [0.1, 0.15) is 12.4 Å². The molecular formula is C27H24N2O5. The average molecular weight is 456 g/mol. The van der Waals surface area contributed by atoms with Crippen molar-refractivity contribution >= 4 is 11.5 Å². The molecule has 7 heteroatoms. The maximum Gasteiger partial charge on any atom is 0.334 e. The molecule has 0 aliphatic carbocycles. The van der Waals surface area contributed by atoms with E-state index in [2.05, 4.69) is 5.16 Å². The highest BCUT2D eigenvalue weighted by molar-refractivity contribution is 5.99. The lowest BCUT2D eigenvalue weighted by atomic mass is 9.87. The van der Waals surface area contributed by atoms with E-state index < -0.39 is 4.92 Å². The van der Waals surface area contributed by atoms with Crippen molar-refractivity contribution in [3.05, 3.63) is 123 Å². The van der Waals surface area contributed by atoms with E-state index in [9.17, 15) is 14.9 Å². The van der Waals surface area contributed by atoms with Gasteiger partial charge >= 0.3 is 5.69 Å². The van der Waals surface area contributed by atoms with Gasteiger partial charge in [-0.15, -0.1) is 0 Å². The standard InChI is InChI=1S/C27H24N2O5/c1-19-27(29(31)32)26(34-28-19)17-22(21-12-6-3-7-13-21)16-24(30)23-14-8-9-15-25(23)33-18-20-10-4-2-5-11-20/h2-15,22H,16-18H2,1H3/t22-/m0/s1. The summed E-state index contributed by atoms with van der Waals surface area (Å²) in [5.41, 5.74) is 2.45. The first-order valence-electron chi connectivity index (χ1n) is 11.0. The molecule has 4 rings (SSSR count). The minimum absolute atomic E-state index is 0.114. The van der Waals surface area contributed by atoms with E-state index in [0.717, 1.165) is 11.1 Å². The SMILES string of the molecule is Cc1noc(C[C@H](CC(=O)c2ccccc2OCc2ccccc2)c2ccccc2)c1[N+](=O)[O-]. The lowest BCUT2D eigenvalue weighted by Gasteiger charge is -2.17. The van der Waals surface area contributed by atoms with Crippen molar-refractivity contribution in [3.8, 4) is 5.75 Å². The third kappa shape index (κ3) is 5.38. The van der Waals surface area contributed by atoms with Gasteiger partial charge in [-0.1, -0.05) is 78.0 Å². The van der Waals surface area contributed by atoms with Crippen molar-refractivity contribution in [1.82, 2.24) is 5.16 Å². The van der Waals surface area contributed by atoms with Crippen molar-refractivity contribution < 1.29 is 19.0 Å². The fourth-order valence-corrected chi connectivity index (χ4v) is 3.93. The summed E-state index contributed by atoms with van der Waals surface area (Å²) in [6.07, 6.45) is 0.312. The monoisotopic (exact) mass is 456 g/mol. The summed E-state index contributed by atoms with van der Waals surface area (Å²) in [4.78, 5) is 24.4. The Balaban J connectivity index is 1.58. The van der Waals surface area contributed by atoms with Crippen LogP contribution in [0.3, 0.4) is 0 Å². The number of carbonyl (C=O) groups excluding carboxylic acids is 1. The fraction of sp³-hybridized carbons (Fsp3) is 0.185. The van der Waals surface area contributed by atoms with Gasteiger partial charge in [-0.05, 0) is 36.1 Å². The highest BCUT2D eigenvalue weighted by Crippen LogP contribution is 2.33. The van der Waals surface area contributed by atoms with Crippen LogP contribution >= 0.6 is 0 Å². The van der Waals surface area contributed by atoms with E-state index in [4.69, 9.17) is 9.26 Å². The van der Waals surface area contributed by atoms with E-state index >= 15 is 0 Å². The fourth-order valence-electron chi connectivity index (χ4n) is 3.93. The molecule has 0 radical (unpaired) electrons. The minimum Gasteiger partial charge on any atom is -0.488 e. The lowest BCUT2D eigenvalue weighted by Crippen LogP contribution is -2.12. The molecule has 4 aromatic rings. The summed E-state index contributed by atoms with van der Waals surface area (Å²) >= 11 is 0. The summed E-state index contributed by atoms with van der Waals surface area (Å²) in [6.45, 7) is 1.88. The van der Waals surface area contributed by atoms with Gasteiger partial charge in [0.25, 0.3) is 0 Å². The second-order valence-electron chi connectivity index (χ2n) is 8.01. The molecule has 0 aliphatic rings. The third-order valence-corrected chi connectivity index (χ3v) is 5.64. The summed E-state index contributed by atoms with van der Waals surface area (Å²) in [5, 5.41) is 15.3. The number of carbonyl (C=O) groups is 1. The Hall–Kier alpha value is -4.26. The normalized spacial score (nSPS) is 11.7. The Kier molecular flexibility index (Phi) is 7.13. The highest BCUT2D eigenvalue weighted by atomic mass is 16.6. The molecular weight excluding hydrogens is 432 g/mol. The van der Waals surface area contributed by atoms with Crippen molar-refractivity contribution in [3.63, 3.8) is 0 Å². The van der Waals surface area contributed by atoms with E-state index in [0.29, 0.717) is 17.9 Å². The van der Waals surface area contributed by atoms with Gasteiger partial charge < -0.3 is 9.26 Å². The predicted octanol–water partition coefficient (Wildman–Crippen LogP) is 6.07. The van der Waals surface area contributed by atoms with Crippen molar-refractivity contribution in [2.45, 2.75) is 32.3 Å². The van der Waals surface area contributed by atoms with Crippen LogP contribution in [-0.4, -0.2) is 15.9 Å². The number of para-hydroxylation sites is 1. The van der Waals surface area contributed by atoms with Crippen molar-refractivity contribution in [2.75, 3.05) is 0 Å². The first kappa shape index (κ1) is 22.9. The van der Waals surface area contributed by atoms with Crippen LogP contribution < -0.4 is 4.74 Å². The van der Waals surface area contributed by atoms with Crippen LogP contribution in [0.2, 0.25) is 0 Å². The molecule has 0 spiro atoms. The number of ketones is 1. The molecule has 3 aromatic carbocycles. The van der Waals surface area contributed by atoms with E-state index in [1.807, 2.05) is 66.7 Å². The number of nitrogens with zero attached hydrogens (tertiary/aromatic N) is 2. The Labute approximate surface area is 197 Å². The van der Waals surface area contributed by atoms with E-state index in [1.165, 1.54) is 6.92 Å². The Bertz CT molecular complexity index is 1270. The number of ether oxygens (including phenoxy) is 1. The number of rotatable bonds is 10. The first-order valence-corrected chi connectivity index (χ1v) is 11.0. The van der Waals surface area contributed by atoms with Gasteiger partial charge in [0, 0.05) is 12.8 Å². The smallest absolute Gasteiger partial charge is 0.334 e. The Morgan fingerprint density at radius 1 is 1.00 bits per heavy atom. The molecule has 172 valence electrons. The molecule has 1 heterocycles. The highest BCUT2D eigenvalue weighted by Gasteiger charge is 2.29. The second kappa shape index (κ2) is 10.6. The molecule has 0 amide bonds. The molecule has 7 nitrogen and oxygen atoms in total. The van der Waals surface area contributed by atoms with E-state index in [1.54, 1.807) is 18.2 Å². The molecule has 0 fully saturated rings. The summed E-state index contributed by atoms with van der Waals surface area (Å²) < 4.78 is 11.2. The predicted molar refractivity (Wildman–Crippen MR) is 127 cm³/mol. The zero-order valence-electron chi connectivity index (χ0n) is 18.7. The number of hydrogen-bond acceptors (Lipinski definition) is 6. The van der Waals surface area contributed by atoms with Crippen LogP contribution in [0.4, 0.5) is 5.69 Å². The zero-order chi connectivity index (χ0) is 23.9. The molecule has 1 aromatic heterocycles. The minimum atomic E-state index is -0.488. The molecule has 0 saturated carbocycles. The number of nitro groups is 1. The zero-order valence-corrected chi connectivity index (χ0v) is 18.7. The quantitative estimate of drug-likeness (QED) is 0.163. The molecule has 0 saturated heterocycles. The van der Waals surface area contributed by atoms with Crippen molar-refractivity contribution in [2.24, 2.45) is 0 Å². The van der Waals surface area contributed by atoms with Crippen LogP contribution in [0.1, 0.15) is 45.3 Å². The number of aromatic nitrogens is 1. The number of Topliss-reactive ketones (excluding diaryl/α,β-unsaturated/α-hetero) is 1. The molecule has 0 bridgehead atoms. The number of aryl methyl sites for hydroxylation is 1. The molecule has 1 atom stereocenters. The molecule has 0 unspecified atom stereocenters. The van der Waals surface area contributed by atoms with Crippen LogP contribution in [0.15, 0.2) is 89.5 Å². The van der Waals surface area contributed by atoms with Gasteiger partial charge in [-0.25, -0.2) is 0 Å². The third-order valence-electron chi connectivity index (χ3n) is 5.64. The maximum absolute atomic E-state index is 13.4. The van der Waals surface area contributed by atoms with Gasteiger partial charge in [0.15, 0.2) is 11.5 Å². The maximum atomic E-state index is 13.4. The largest absolute Gasteiger partial charge is 0.488 e. The van der Waals surface area contributed by atoms with Crippen LogP contribution in [0.25, 0.3) is 0 Å². The van der Waals surface area contributed by atoms with E-state index in [-0.39, 0.29) is 41.7 Å². The summed E-state index contributed by atoms with van der Waals surface area (Å²) in [6, 6.07) is 26.3. The molecule has 0 N–H and O–H groups in total. The van der Waals surface area contributed by atoms with Gasteiger partial charge in [0.05, 0.1) is 10.5 Å². The Morgan fingerprint density at radius 2 is 1.65 bits per heavy atom. The van der Waals surface area contributed by atoms with Gasteiger partial charge in [-0.2, -0.15) is 0 Å². The average Bonchev–Trinajstić information content (AvgIpc) is 3.23. The molecule has 34 heavy (non-hydrogen) atoms. The summed E-state index contributed by atoms with van der Waals surface area (Å²) in [7, 11) is 0. The van der Waals surface area contributed by atoms with Gasteiger partial charge in [0.2, 0.25) is 5.76 Å². The molecule has 0 aliphatic heterocycles. The second-order valence-corrected chi connectivity index (χ2v) is 8.01. The van der Waals surface area contributed by atoms with Gasteiger partial charge in [-0.3, -0.25) is 14.9 Å². The van der Waals surface area contributed by atoms with Crippen LogP contribution in [0, 0.1) is 17.0 Å². The lowest BCUT2D eigenvalue weighted by molar-refractivity contribution is -0.386. The van der Waals surface area contributed by atoms with Crippen LogP contribution in [-0.2, 0) is 13.0 Å². The number of hydrogen-bond donors (Lipinski definition) is 0.